The zero-order chi connectivity index (χ0) is 14.8. The van der Waals surface area contributed by atoms with Crippen molar-refractivity contribution in [3.05, 3.63) is 60.4 Å². The average molecular weight is 277 g/mol. The first kappa shape index (κ1) is 13.2. The molecule has 0 fully saturated rings. The number of carbonyl (C=O) groups is 1. The van der Waals surface area contributed by atoms with Gasteiger partial charge in [0, 0.05) is 37.4 Å². The molecule has 2 heterocycles. The summed E-state index contributed by atoms with van der Waals surface area (Å²) in [6, 6.07) is 13.3. The maximum atomic E-state index is 12.4. The van der Waals surface area contributed by atoms with E-state index in [1.165, 1.54) is 0 Å². The molecule has 3 aromatic rings. The third-order valence-electron chi connectivity index (χ3n) is 3.33. The molecule has 21 heavy (non-hydrogen) atoms. The minimum absolute atomic E-state index is 0.0242. The molecular formula is C17H15N3O. The highest BCUT2D eigenvalue weighted by molar-refractivity contribution is 6.07. The minimum atomic E-state index is -0.0242. The van der Waals surface area contributed by atoms with Crippen molar-refractivity contribution in [2.24, 2.45) is 0 Å². The van der Waals surface area contributed by atoms with Crippen molar-refractivity contribution >= 4 is 16.8 Å². The average Bonchev–Trinajstić information content (AvgIpc) is 2.54. The predicted octanol–water partition coefficient (Wildman–Crippen LogP) is 3.00. The van der Waals surface area contributed by atoms with E-state index in [0.717, 1.165) is 22.2 Å². The number of carbonyl (C=O) groups excluding carboxylic acids is 1. The van der Waals surface area contributed by atoms with E-state index in [0.29, 0.717) is 5.56 Å². The van der Waals surface area contributed by atoms with E-state index in [4.69, 9.17) is 0 Å². The Kier molecular flexibility index (Phi) is 3.36. The lowest BCUT2D eigenvalue weighted by Crippen LogP contribution is -2.22. The fourth-order valence-corrected chi connectivity index (χ4v) is 2.26. The molecule has 0 spiro atoms. The molecule has 0 aliphatic heterocycles. The molecule has 0 unspecified atom stereocenters. The van der Waals surface area contributed by atoms with E-state index in [1.807, 2.05) is 42.5 Å². The van der Waals surface area contributed by atoms with Gasteiger partial charge in [-0.1, -0.05) is 18.2 Å². The Labute approximate surface area is 123 Å². The lowest BCUT2D eigenvalue weighted by Gasteiger charge is -2.14. The molecule has 3 rings (SSSR count). The first-order valence-corrected chi connectivity index (χ1v) is 6.68. The van der Waals surface area contributed by atoms with Gasteiger partial charge in [-0.3, -0.25) is 9.78 Å². The quantitative estimate of drug-likeness (QED) is 0.723. The molecule has 1 aromatic carbocycles. The molecule has 0 saturated heterocycles. The van der Waals surface area contributed by atoms with Crippen LogP contribution in [0.25, 0.3) is 22.2 Å². The van der Waals surface area contributed by atoms with Gasteiger partial charge in [-0.05, 0) is 24.3 Å². The Bertz CT molecular complexity index is 797. The summed E-state index contributed by atoms with van der Waals surface area (Å²) in [5.41, 5.74) is 3.21. The summed E-state index contributed by atoms with van der Waals surface area (Å²) >= 11 is 0. The zero-order valence-corrected chi connectivity index (χ0v) is 11.9. The summed E-state index contributed by atoms with van der Waals surface area (Å²) < 4.78 is 0. The van der Waals surface area contributed by atoms with E-state index < -0.39 is 0 Å². The van der Waals surface area contributed by atoms with Gasteiger partial charge in [-0.15, -0.1) is 0 Å². The van der Waals surface area contributed by atoms with Gasteiger partial charge in [0.25, 0.3) is 5.91 Å². The molecule has 4 nitrogen and oxygen atoms in total. The van der Waals surface area contributed by atoms with Crippen LogP contribution in [0.1, 0.15) is 10.4 Å². The highest BCUT2D eigenvalue weighted by Crippen LogP contribution is 2.25. The number of benzene rings is 1. The maximum Gasteiger partial charge on any atom is 0.254 e. The molecule has 0 bridgehead atoms. The number of amides is 1. The number of para-hydroxylation sites is 1. The number of hydrogen-bond acceptors (Lipinski definition) is 3. The largest absolute Gasteiger partial charge is 0.345 e. The molecule has 104 valence electrons. The number of aromatic nitrogens is 2. The van der Waals surface area contributed by atoms with Crippen LogP contribution < -0.4 is 0 Å². The second-order valence-electron chi connectivity index (χ2n) is 5.01. The van der Waals surface area contributed by atoms with E-state index in [1.54, 1.807) is 31.4 Å². The minimum Gasteiger partial charge on any atom is -0.345 e. The summed E-state index contributed by atoms with van der Waals surface area (Å²) in [4.78, 5) is 22.7. The molecule has 0 aliphatic rings. The van der Waals surface area contributed by atoms with Crippen molar-refractivity contribution in [3.63, 3.8) is 0 Å². The highest BCUT2D eigenvalue weighted by Gasteiger charge is 2.15. The maximum absolute atomic E-state index is 12.4. The van der Waals surface area contributed by atoms with Crippen molar-refractivity contribution < 1.29 is 4.79 Å². The van der Waals surface area contributed by atoms with Crippen molar-refractivity contribution in [2.45, 2.75) is 0 Å². The topological polar surface area (TPSA) is 46.1 Å². The third-order valence-corrected chi connectivity index (χ3v) is 3.33. The van der Waals surface area contributed by atoms with Gasteiger partial charge < -0.3 is 4.90 Å². The van der Waals surface area contributed by atoms with Gasteiger partial charge in [0.15, 0.2) is 0 Å². The van der Waals surface area contributed by atoms with Crippen LogP contribution in [-0.2, 0) is 0 Å². The lowest BCUT2D eigenvalue weighted by atomic mass is 10.0. The van der Waals surface area contributed by atoms with E-state index in [9.17, 15) is 4.79 Å². The van der Waals surface area contributed by atoms with Crippen molar-refractivity contribution in [3.8, 4) is 11.3 Å². The Morgan fingerprint density at radius 1 is 1.05 bits per heavy atom. The van der Waals surface area contributed by atoms with E-state index >= 15 is 0 Å². The molecule has 0 N–H and O–H groups in total. The molecule has 0 aliphatic carbocycles. The monoisotopic (exact) mass is 277 g/mol. The van der Waals surface area contributed by atoms with Gasteiger partial charge in [-0.25, -0.2) is 4.98 Å². The third kappa shape index (κ3) is 2.48. The van der Waals surface area contributed by atoms with Crippen LogP contribution in [-0.4, -0.2) is 34.9 Å². The lowest BCUT2D eigenvalue weighted by molar-refractivity contribution is 0.0829. The number of hydrogen-bond donors (Lipinski definition) is 0. The SMILES string of the molecule is CN(C)C(=O)c1cc(-c2ccncc2)nc2ccccc12. The van der Waals surface area contributed by atoms with Gasteiger partial charge in [0.2, 0.25) is 0 Å². The van der Waals surface area contributed by atoms with Crippen LogP contribution in [0.15, 0.2) is 54.9 Å². The highest BCUT2D eigenvalue weighted by atomic mass is 16.2. The van der Waals surface area contributed by atoms with Crippen LogP contribution in [0.2, 0.25) is 0 Å². The fraction of sp³-hybridized carbons (Fsp3) is 0.118. The number of fused-ring (bicyclic) bond motifs is 1. The molecule has 0 radical (unpaired) electrons. The van der Waals surface area contributed by atoms with Gasteiger partial charge in [0.05, 0.1) is 16.8 Å². The number of rotatable bonds is 2. The Morgan fingerprint density at radius 2 is 1.76 bits per heavy atom. The van der Waals surface area contributed by atoms with Crippen LogP contribution in [0.5, 0.6) is 0 Å². The van der Waals surface area contributed by atoms with Crippen molar-refractivity contribution in [1.29, 1.82) is 0 Å². The van der Waals surface area contributed by atoms with Gasteiger partial charge >= 0.3 is 0 Å². The summed E-state index contributed by atoms with van der Waals surface area (Å²) in [7, 11) is 3.51. The van der Waals surface area contributed by atoms with Gasteiger partial charge in [0.1, 0.15) is 0 Å². The molecular weight excluding hydrogens is 262 g/mol. The summed E-state index contributed by atoms with van der Waals surface area (Å²) in [5.74, 6) is -0.0242. The summed E-state index contributed by atoms with van der Waals surface area (Å²) in [5, 5.41) is 0.869. The second kappa shape index (κ2) is 5.32. The van der Waals surface area contributed by atoms with Crippen LogP contribution in [0.3, 0.4) is 0 Å². The van der Waals surface area contributed by atoms with Gasteiger partial charge in [-0.2, -0.15) is 0 Å². The summed E-state index contributed by atoms with van der Waals surface area (Å²) in [6.07, 6.45) is 3.44. The van der Waals surface area contributed by atoms with Crippen molar-refractivity contribution in [1.82, 2.24) is 14.9 Å². The van der Waals surface area contributed by atoms with E-state index in [2.05, 4.69) is 9.97 Å². The molecule has 2 aromatic heterocycles. The molecule has 0 saturated carbocycles. The Balaban J connectivity index is 2.27. The van der Waals surface area contributed by atoms with Crippen LogP contribution in [0, 0.1) is 0 Å². The first-order chi connectivity index (χ1) is 10.2. The Morgan fingerprint density at radius 3 is 2.48 bits per heavy atom. The molecule has 1 amide bonds. The molecule has 0 atom stereocenters. The zero-order valence-electron chi connectivity index (χ0n) is 11.9. The predicted molar refractivity (Wildman–Crippen MR) is 83.0 cm³/mol. The Hall–Kier alpha value is -2.75. The summed E-state index contributed by atoms with van der Waals surface area (Å²) in [6.45, 7) is 0. The first-order valence-electron chi connectivity index (χ1n) is 6.68. The second-order valence-corrected chi connectivity index (χ2v) is 5.01. The standard InChI is InChI=1S/C17H15N3O/c1-20(2)17(21)14-11-16(12-7-9-18-10-8-12)19-15-6-4-3-5-13(14)15/h3-11H,1-2H3. The normalized spacial score (nSPS) is 10.6. The number of nitrogens with zero attached hydrogens (tertiary/aromatic N) is 3. The number of pyridine rings is 2. The van der Waals surface area contributed by atoms with Crippen molar-refractivity contribution in [2.75, 3.05) is 14.1 Å². The van der Waals surface area contributed by atoms with E-state index in [-0.39, 0.29) is 5.91 Å². The van der Waals surface area contributed by atoms with Crippen LogP contribution in [0.4, 0.5) is 0 Å². The molecule has 4 heteroatoms. The van der Waals surface area contributed by atoms with Crippen LogP contribution >= 0.6 is 0 Å². The smallest absolute Gasteiger partial charge is 0.254 e. The fourth-order valence-electron chi connectivity index (χ4n) is 2.26.